The number of ether oxygens (including phenoxy) is 1. The number of rotatable bonds is 7. The molecule has 5 nitrogen and oxygen atoms in total. The van der Waals surface area contributed by atoms with Crippen molar-refractivity contribution in [3.63, 3.8) is 0 Å². The molecule has 0 atom stereocenters. The van der Waals surface area contributed by atoms with Crippen LogP contribution in [0.15, 0.2) is 41.8 Å². The maximum atomic E-state index is 12.3. The first-order valence-corrected chi connectivity index (χ1v) is 8.04. The van der Waals surface area contributed by atoms with Gasteiger partial charge in [-0.3, -0.25) is 14.5 Å². The predicted molar refractivity (Wildman–Crippen MR) is 94.3 cm³/mol. The van der Waals surface area contributed by atoms with Gasteiger partial charge in [0.2, 0.25) is 0 Å². The molecular weight excluding hydrogens is 334 g/mol. The van der Waals surface area contributed by atoms with Crippen LogP contribution >= 0.6 is 24.0 Å². The number of thiocarbonyl (C=S) groups is 1. The Bertz CT molecular complexity index is 684. The van der Waals surface area contributed by atoms with Crippen LogP contribution in [-0.2, 0) is 9.59 Å². The van der Waals surface area contributed by atoms with Gasteiger partial charge in [0, 0.05) is 6.54 Å². The Morgan fingerprint density at radius 2 is 2.26 bits per heavy atom. The minimum Gasteiger partial charge on any atom is -0.490 e. The molecule has 1 amide bonds. The topological polar surface area (TPSA) is 66.8 Å². The van der Waals surface area contributed by atoms with Gasteiger partial charge >= 0.3 is 5.97 Å². The van der Waals surface area contributed by atoms with Crippen molar-refractivity contribution in [2.45, 2.75) is 6.42 Å². The van der Waals surface area contributed by atoms with E-state index in [-0.39, 0.29) is 18.9 Å². The molecule has 0 aromatic heterocycles. The second-order valence-corrected chi connectivity index (χ2v) is 6.33. The lowest BCUT2D eigenvalue weighted by Gasteiger charge is -2.12. The molecule has 0 aliphatic carbocycles. The normalized spacial score (nSPS) is 16.0. The summed E-state index contributed by atoms with van der Waals surface area (Å²) in [4.78, 5) is 24.7. The van der Waals surface area contributed by atoms with E-state index in [2.05, 4.69) is 6.58 Å². The fourth-order valence-electron chi connectivity index (χ4n) is 1.90. The first-order valence-electron chi connectivity index (χ1n) is 6.82. The van der Waals surface area contributed by atoms with E-state index in [0.29, 0.717) is 21.6 Å². The van der Waals surface area contributed by atoms with E-state index in [1.54, 1.807) is 12.2 Å². The maximum absolute atomic E-state index is 12.3. The molecule has 7 heteroatoms. The average molecular weight is 349 g/mol. The molecule has 1 aromatic rings. The summed E-state index contributed by atoms with van der Waals surface area (Å²) in [5.74, 6) is -0.547. The number of hydrogen-bond donors (Lipinski definition) is 1. The highest BCUT2D eigenvalue weighted by Gasteiger charge is 2.31. The first kappa shape index (κ1) is 17.2. The molecule has 1 N–H and O–H groups in total. The highest BCUT2D eigenvalue weighted by atomic mass is 32.2. The highest BCUT2D eigenvalue weighted by molar-refractivity contribution is 8.26. The largest absolute Gasteiger partial charge is 0.490 e. The summed E-state index contributed by atoms with van der Waals surface area (Å²) in [6, 6.07) is 7.31. The van der Waals surface area contributed by atoms with Crippen LogP contribution in [0, 0.1) is 0 Å². The Morgan fingerprint density at radius 1 is 1.48 bits per heavy atom. The zero-order valence-electron chi connectivity index (χ0n) is 12.2. The van der Waals surface area contributed by atoms with E-state index in [0.717, 1.165) is 5.56 Å². The second-order valence-electron chi connectivity index (χ2n) is 4.65. The van der Waals surface area contributed by atoms with Crippen LogP contribution in [0.4, 0.5) is 0 Å². The van der Waals surface area contributed by atoms with Gasteiger partial charge in [-0.25, -0.2) is 0 Å². The van der Waals surface area contributed by atoms with E-state index >= 15 is 0 Å². The maximum Gasteiger partial charge on any atom is 0.305 e. The number of hydrogen-bond acceptors (Lipinski definition) is 5. The molecule has 2 rings (SSSR count). The third-order valence-corrected chi connectivity index (χ3v) is 4.32. The molecule has 0 saturated carbocycles. The Kier molecular flexibility index (Phi) is 5.95. The van der Waals surface area contributed by atoms with Crippen LogP contribution in [0.25, 0.3) is 6.08 Å². The second kappa shape index (κ2) is 7.94. The van der Waals surface area contributed by atoms with Crippen LogP contribution in [-0.4, -0.2) is 39.4 Å². The molecule has 120 valence electrons. The Balaban J connectivity index is 2.13. The summed E-state index contributed by atoms with van der Waals surface area (Å²) in [5, 5.41) is 8.73. The number of thioether (sulfide) groups is 1. The molecule has 0 radical (unpaired) electrons. The number of amides is 1. The van der Waals surface area contributed by atoms with Crippen molar-refractivity contribution >= 4 is 46.3 Å². The molecule has 1 aromatic carbocycles. The molecule has 23 heavy (non-hydrogen) atoms. The zero-order valence-corrected chi connectivity index (χ0v) is 13.9. The molecule has 0 unspecified atom stereocenters. The lowest BCUT2D eigenvalue weighted by atomic mass is 10.2. The highest BCUT2D eigenvalue weighted by Crippen LogP contribution is 2.33. The van der Waals surface area contributed by atoms with Crippen LogP contribution in [0.5, 0.6) is 5.75 Å². The van der Waals surface area contributed by atoms with E-state index < -0.39 is 5.97 Å². The summed E-state index contributed by atoms with van der Waals surface area (Å²) < 4.78 is 5.83. The van der Waals surface area contributed by atoms with Gasteiger partial charge in [-0.15, -0.1) is 0 Å². The lowest BCUT2D eigenvalue weighted by molar-refractivity contribution is -0.137. The van der Waals surface area contributed by atoms with Crippen LogP contribution in [0.3, 0.4) is 0 Å². The van der Waals surface area contributed by atoms with E-state index in [1.165, 1.54) is 16.7 Å². The molecule has 1 aliphatic heterocycles. The molecule has 1 heterocycles. The van der Waals surface area contributed by atoms with Gasteiger partial charge in [0.25, 0.3) is 5.91 Å². The van der Waals surface area contributed by atoms with Gasteiger partial charge in [0.1, 0.15) is 16.7 Å². The molecule has 1 aliphatic rings. The average Bonchev–Trinajstić information content (AvgIpc) is 2.77. The summed E-state index contributed by atoms with van der Waals surface area (Å²) in [7, 11) is 0. The number of aliphatic carboxylic acids is 1. The summed E-state index contributed by atoms with van der Waals surface area (Å²) in [6.45, 7) is 4.08. The predicted octanol–water partition coefficient (Wildman–Crippen LogP) is 2.93. The van der Waals surface area contributed by atoms with Crippen molar-refractivity contribution in [2.24, 2.45) is 0 Å². The van der Waals surface area contributed by atoms with Gasteiger partial charge in [-0.2, -0.15) is 0 Å². The van der Waals surface area contributed by atoms with Gasteiger partial charge in [-0.1, -0.05) is 48.8 Å². The SMILES string of the molecule is C=CCOc1cccc(C=C2SC(=S)N(CCC(=O)O)C2=O)c1. The van der Waals surface area contributed by atoms with Crippen molar-refractivity contribution in [1.29, 1.82) is 0 Å². The number of carbonyl (C=O) groups is 2. The molecule has 0 bridgehead atoms. The van der Waals surface area contributed by atoms with E-state index in [4.69, 9.17) is 22.1 Å². The zero-order chi connectivity index (χ0) is 16.8. The Labute approximate surface area is 143 Å². The standard InChI is InChI=1S/C16H15NO4S2/c1-2-8-21-12-5-3-4-11(9-12)10-13-15(20)17(16(22)23-13)7-6-14(18)19/h2-5,9-10H,1,6-8H2,(H,18,19). The summed E-state index contributed by atoms with van der Waals surface area (Å²) in [5.41, 5.74) is 0.810. The number of carboxylic acids is 1. The Hall–Kier alpha value is -2.12. The van der Waals surface area contributed by atoms with Gasteiger partial charge in [-0.05, 0) is 23.8 Å². The van der Waals surface area contributed by atoms with E-state index in [1.807, 2.05) is 24.3 Å². The van der Waals surface area contributed by atoms with Crippen LogP contribution in [0.1, 0.15) is 12.0 Å². The summed E-state index contributed by atoms with van der Waals surface area (Å²) >= 11 is 6.32. The molecule has 1 fully saturated rings. The number of benzene rings is 1. The molecule has 1 saturated heterocycles. The fourth-order valence-corrected chi connectivity index (χ4v) is 3.21. The van der Waals surface area contributed by atoms with Crippen molar-refractivity contribution in [3.05, 3.63) is 47.4 Å². The molecular formula is C16H15NO4S2. The van der Waals surface area contributed by atoms with Crippen LogP contribution < -0.4 is 4.74 Å². The molecule has 0 spiro atoms. The van der Waals surface area contributed by atoms with Crippen molar-refractivity contribution < 1.29 is 19.4 Å². The summed E-state index contributed by atoms with van der Waals surface area (Å²) in [6.07, 6.45) is 3.24. The van der Waals surface area contributed by atoms with E-state index in [9.17, 15) is 9.59 Å². The number of carboxylic acid groups (broad SMARTS) is 1. The van der Waals surface area contributed by atoms with Crippen molar-refractivity contribution in [3.8, 4) is 5.75 Å². The quantitative estimate of drug-likeness (QED) is 0.464. The van der Waals surface area contributed by atoms with Crippen molar-refractivity contribution in [2.75, 3.05) is 13.2 Å². The number of nitrogens with zero attached hydrogens (tertiary/aromatic N) is 1. The first-order chi connectivity index (χ1) is 11.0. The lowest BCUT2D eigenvalue weighted by Crippen LogP contribution is -2.30. The van der Waals surface area contributed by atoms with Gasteiger partial charge in [0.15, 0.2) is 0 Å². The number of carbonyl (C=O) groups excluding carboxylic acids is 1. The third kappa shape index (κ3) is 4.67. The minimum absolute atomic E-state index is 0.0832. The monoisotopic (exact) mass is 349 g/mol. The van der Waals surface area contributed by atoms with Gasteiger partial charge in [0.05, 0.1) is 11.3 Å². The minimum atomic E-state index is -0.963. The smallest absolute Gasteiger partial charge is 0.305 e. The fraction of sp³-hybridized carbons (Fsp3) is 0.188. The third-order valence-electron chi connectivity index (χ3n) is 2.95. The van der Waals surface area contributed by atoms with Crippen molar-refractivity contribution in [1.82, 2.24) is 4.90 Å². The Morgan fingerprint density at radius 3 is 2.96 bits per heavy atom. The van der Waals surface area contributed by atoms with Gasteiger partial charge < -0.3 is 9.84 Å². The van der Waals surface area contributed by atoms with Crippen LogP contribution in [0.2, 0.25) is 0 Å².